The summed E-state index contributed by atoms with van der Waals surface area (Å²) in [5, 5.41) is 8.79. The van der Waals surface area contributed by atoms with E-state index in [4.69, 9.17) is 5.11 Å². The number of likely N-dealkylation sites (N-methyl/N-ethyl adjacent to an activating group) is 1. The summed E-state index contributed by atoms with van der Waals surface area (Å²) >= 11 is 0. The van der Waals surface area contributed by atoms with Gasteiger partial charge in [0, 0.05) is 19.3 Å². The first-order valence-electron chi connectivity index (χ1n) is 5.51. The molecular formula is C11H15F3N2O2. The van der Waals surface area contributed by atoms with Crippen molar-refractivity contribution in [3.05, 3.63) is 24.0 Å². The number of carbonyl (C=O) groups is 1. The van der Waals surface area contributed by atoms with Gasteiger partial charge in [0.25, 0.3) is 5.91 Å². The first-order chi connectivity index (χ1) is 8.39. The fraction of sp³-hybridized carbons (Fsp3) is 0.545. The Morgan fingerprint density at radius 2 is 2.17 bits per heavy atom. The molecule has 0 atom stereocenters. The molecule has 1 amide bonds. The van der Waals surface area contributed by atoms with Crippen LogP contribution >= 0.6 is 0 Å². The number of aliphatic hydroxyl groups is 1. The molecule has 1 aromatic rings. The molecule has 0 aliphatic rings. The van der Waals surface area contributed by atoms with E-state index in [1.165, 1.54) is 23.2 Å². The molecule has 0 saturated carbocycles. The first kappa shape index (κ1) is 14.6. The van der Waals surface area contributed by atoms with Gasteiger partial charge in [-0.05, 0) is 19.1 Å². The van der Waals surface area contributed by atoms with Gasteiger partial charge in [0.15, 0.2) is 0 Å². The van der Waals surface area contributed by atoms with Crippen molar-refractivity contribution in [2.75, 3.05) is 19.7 Å². The predicted molar refractivity (Wildman–Crippen MR) is 59.2 cm³/mol. The van der Waals surface area contributed by atoms with E-state index in [9.17, 15) is 18.0 Å². The summed E-state index contributed by atoms with van der Waals surface area (Å²) in [7, 11) is 0. The van der Waals surface area contributed by atoms with Crippen LogP contribution in [0, 0.1) is 0 Å². The van der Waals surface area contributed by atoms with Crippen molar-refractivity contribution < 1.29 is 23.1 Å². The second-order valence-electron chi connectivity index (χ2n) is 3.74. The van der Waals surface area contributed by atoms with E-state index < -0.39 is 18.6 Å². The Kier molecular flexibility index (Phi) is 4.77. The number of aliphatic hydroxyl groups excluding tert-OH is 1. The van der Waals surface area contributed by atoms with E-state index >= 15 is 0 Å². The van der Waals surface area contributed by atoms with Crippen molar-refractivity contribution >= 4 is 5.91 Å². The average Bonchev–Trinajstić information content (AvgIpc) is 2.70. The summed E-state index contributed by atoms with van der Waals surface area (Å²) in [4.78, 5) is 13.3. The van der Waals surface area contributed by atoms with Gasteiger partial charge < -0.3 is 14.6 Å². The molecule has 0 fully saturated rings. The number of amides is 1. The van der Waals surface area contributed by atoms with Gasteiger partial charge in [-0.1, -0.05) is 0 Å². The Bertz CT molecular complexity index is 401. The molecular weight excluding hydrogens is 249 g/mol. The zero-order valence-corrected chi connectivity index (χ0v) is 9.94. The number of aromatic nitrogens is 1. The third-order valence-corrected chi connectivity index (χ3v) is 2.44. The van der Waals surface area contributed by atoms with Gasteiger partial charge in [0.2, 0.25) is 0 Å². The number of hydrogen-bond donors (Lipinski definition) is 1. The fourth-order valence-corrected chi connectivity index (χ4v) is 1.63. The van der Waals surface area contributed by atoms with E-state index in [2.05, 4.69) is 0 Å². The van der Waals surface area contributed by atoms with E-state index in [1.54, 1.807) is 6.92 Å². The summed E-state index contributed by atoms with van der Waals surface area (Å²) in [6, 6.07) is 2.74. The van der Waals surface area contributed by atoms with Gasteiger partial charge in [-0.25, -0.2) is 0 Å². The van der Waals surface area contributed by atoms with Crippen molar-refractivity contribution in [1.29, 1.82) is 0 Å². The van der Waals surface area contributed by atoms with Crippen LogP contribution < -0.4 is 0 Å². The van der Waals surface area contributed by atoms with Crippen LogP contribution in [0.3, 0.4) is 0 Å². The summed E-state index contributed by atoms with van der Waals surface area (Å²) in [6.45, 7) is 0.713. The second-order valence-corrected chi connectivity index (χ2v) is 3.74. The van der Waals surface area contributed by atoms with Crippen LogP contribution in [0.2, 0.25) is 0 Å². The van der Waals surface area contributed by atoms with Crippen molar-refractivity contribution in [3.8, 4) is 0 Å². The lowest BCUT2D eigenvalue weighted by Gasteiger charge is -2.21. The van der Waals surface area contributed by atoms with Crippen molar-refractivity contribution in [2.24, 2.45) is 0 Å². The molecule has 0 bridgehead atoms. The molecule has 0 aliphatic carbocycles. The number of hydrogen-bond acceptors (Lipinski definition) is 2. The summed E-state index contributed by atoms with van der Waals surface area (Å²) in [5.41, 5.74) is -0.0253. The highest BCUT2D eigenvalue weighted by Gasteiger charge is 2.30. The Morgan fingerprint density at radius 1 is 1.50 bits per heavy atom. The average molecular weight is 264 g/mol. The molecule has 1 aromatic heterocycles. The number of alkyl halides is 3. The van der Waals surface area contributed by atoms with Crippen molar-refractivity contribution in [3.63, 3.8) is 0 Å². The van der Waals surface area contributed by atoms with Crippen LogP contribution in [-0.2, 0) is 6.54 Å². The molecule has 18 heavy (non-hydrogen) atoms. The molecule has 1 N–H and O–H groups in total. The van der Waals surface area contributed by atoms with Crippen LogP contribution in [0.25, 0.3) is 0 Å². The number of rotatable bonds is 5. The van der Waals surface area contributed by atoms with E-state index in [0.717, 1.165) is 4.57 Å². The van der Waals surface area contributed by atoms with E-state index in [0.29, 0.717) is 6.54 Å². The maximum Gasteiger partial charge on any atom is 0.406 e. The molecule has 4 nitrogen and oxygen atoms in total. The lowest BCUT2D eigenvalue weighted by molar-refractivity contribution is -0.140. The highest BCUT2D eigenvalue weighted by Crippen LogP contribution is 2.19. The molecule has 0 unspecified atom stereocenters. The van der Waals surface area contributed by atoms with Crippen LogP contribution in [0.15, 0.2) is 18.3 Å². The standard InChI is InChI=1S/C11H15F3N2O2/c1-2-15(6-7-17)10(18)9-4-3-5-16(9)8-11(12,13)14/h3-5,17H,2,6-8H2,1H3. The molecule has 0 spiro atoms. The molecule has 0 aliphatic heterocycles. The molecule has 0 radical (unpaired) electrons. The Labute approximate surface area is 103 Å². The van der Waals surface area contributed by atoms with Crippen molar-refractivity contribution in [1.82, 2.24) is 9.47 Å². The zero-order chi connectivity index (χ0) is 13.8. The predicted octanol–water partition coefficient (Wildman–Crippen LogP) is 1.50. The normalized spacial score (nSPS) is 11.6. The number of nitrogens with zero attached hydrogens (tertiary/aromatic N) is 2. The minimum absolute atomic E-state index is 0.0253. The van der Waals surface area contributed by atoms with E-state index in [-0.39, 0.29) is 18.8 Å². The Balaban J connectivity index is 2.89. The van der Waals surface area contributed by atoms with E-state index in [1.807, 2.05) is 0 Å². The molecule has 7 heteroatoms. The Hall–Kier alpha value is -1.50. The van der Waals surface area contributed by atoms with Gasteiger partial charge >= 0.3 is 6.18 Å². The fourth-order valence-electron chi connectivity index (χ4n) is 1.63. The highest BCUT2D eigenvalue weighted by atomic mass is 19.4. The largest absolute Gasteiger partial charge is 0.406 e. The van der Waals surface area contributed by atoms with Gasteiger partial charge in [0.1, 0.15) is 12.2 Å². The molecule has 0 saturated heterocycles. The third-order valence-electron chi connectivity index (χ3n) is 2.44. The third kappa shape index (κ3) is 3.76. The lowest BCUT2D eigenvalue weighted by atomic mass is 10.3. The van der Waals surface area contributed by atoms with Gasteiger partial charge in [-0.3, -0.25) is 4.79 Å². The van der Waals surface area contributed by atoms with Gasteiger partial charge in [0.05, 0.1) is 6.61 Å². The summed E-state index contributed by atoms with van der Waals surface area (Å²) in [6.07, 6.45) is -3.16. The number of carbonyl (C=O) groups excluding carboxylic acids is 1. The van der Waals surface area contributed by atoms with Crippen LogP contribution in [0.4, 0.5) is 13.2 Å². The lowest BCUT2D eigenvalue weighted by Crippen LogP contribution is -2.35. The quantitative estimate of drug-likeness (QED) is 0.876. The highest BCUT2D eigenvalue weighted by molar-refractivity contribution is 5.92. The van der Waals surface area contributed by atoms with Gasteiger partial charge in [-0.15, -0.1) is 0 Å². The van der Waals surface area contributed by atoms with Crippen LogP contribution in [0.5, 0.6) is 0 Å². The number of halogens is 3. The SMILES string of the molecule is CCN(CCO)C(=O)c1cccn1CC(F)(F)F. The molecule has 0 aromatic carbocycles. The summed E-state index contributed by atoms with van der Waals surface area (Å²) < 4.78 is 37.8. The van der Waals surface area contributed by atoms with Crippen molar-refractivity contribution in [2.45, 2.75) is 19.6 Å². The first-order valence-corrected chi connectivity index (χ1v) is 5.51. The van der Waals surface area contributed by atoms with Crippen LogP contribution in [0.1, 0.15) is 17.4 Å². The zero-order valence-electron chi connectivity index (χ0n) is 9.94. The minimum Gasteiger partial charge on any atom is -0.395 e. The topological polar surface area (TPSA) is 45.5 Å². The molecule has 1 heterocycles. The van der Waals surface area contributed by atoms with Crippen LogP contribution in [-0.4, -0.2) is 46.4 Å². The maximum atomic E-state index is 12.3. The maximum absolute atomic E-state index is 12.3. The summed E-state index contributed by atoms with van der Waals surface area (Å²) in [5.74, 6) is -0.513. The smallest absolute Gasteiger partial charge is 0.395 e. The Morgan fingerprint density at radius 3 is 2.67 bits per heavy atom. The van der Waals surface area contributed by atoms with Gasteiger partial charge in [-0.2, -0.15) is 13.2 Å². The molecule has 1 rings (SSSR count). The second kappa shape index (κ2) is 5.90. The molecule has 102 valence electrons. The monoisotopic (exact) mass is 264 g/mol. The minimum atomic E-state index is -4.37.